The second-order valence-corrected chi connectivity index (χ2v) is 8.76. The van der Waals surface area contributed by atoms with Crippen LogP contribution in [0.3, 0.4) is 0 Å². The van der Waals surface area contributed by atoms with E-state index in [4.69, 9.17) is 0 Å². The summed E-state index contributed by atoms with van der Waals surface area (Å²) < 4.78 is 0. The van der Waals surface area contributed by atoms with Crippen molar-refractivity contribution in [2.75, 3.05) is 26.2 Å². The van der Waals surface area contributed by atoms with Crippen molar-refractivity contribution in [1.82, 2.24) is 15.5 Å². The molecule has 0 heterocycles. The van der Waals surface area contributed by atoms with Crippen LogP contribution in [0.25, 0.3) is 0 Å². The van der Waals surface area contributed by atoms with Gasteiger partial charge in [0.25, 0.3) is 0 Å². The smallest absolute Gasteiger partial charge is 0.224 e. The minimum atomic E-state index is -0.0310. The van der Waals surface area contributed by atoms with Crippen LogP contribution in [0.2, 0.25) is 0 Å². The van der Waals surface area contributed by atoms with E-state index >= 15 is 0 Å². The van der Waals surface area contributed by atoms with Gasteiger partial charge >= 0.3 is 0 Å². The lowest BCUT2D eigenvalue weighted by molar-refractivity contribution is -0.121. The van der Waals surface area contributed by atoms with Gasteiger partial charge in [0, 0.05) is 44.6 Å². The highest BCUT2D eigenvalue weighted by Gasteiger charge is 2.15. The Kier molecular flexibility index (Phi) is 20.1. The van der Waals surface area contributed by atoms with Crippen LogP contribution in [0.1, 0.15) is 91.9 Å². The number of aliphatic hydroxyl groups is 1. The molecule has 0 aromatic heterocycles. The van der Waals surface area contributed by atoms with Crippen LogP contribution in [-0.4, -0.2) is 60.1 Å². The second kappa shape index (κ2) is 21.2. The quantitative estimate of drug-likeness (QED) is 0.190. The first-order valence-electron chi connectivity index (χ1n) is 12.6. The topological polar surface area (TPSA) is 81.7 Å². The highest BCUT2D eigenvalue weighted by atomic mass is 16.3. The van der Waals surface area contributed by atoms with Crippen LogP contribution in [0.4, 0.5) is 0 Å². The van der Waals surface area contributed by atoms with Gasteiger partial charge in [-0.25, -0.2) is 0 Å². The van der Waals surface area contributed by atoms with Gasteiger partial charge in [0.2, 0.25) is 11.8 Å². The van der Waals surface area contributed by atoms with E-state index in [1.165, 1.54) is 38.5 Å². The van der Waals surface area contributed by atoms with E-state index in [0.717, 1.165) is 12.8 Å². The number of unbranched alkanes of at least 4 members (excludes halogenated alkanes) is 6. The van der Waals surface area contributed by atoms with Crippen molar-refractivity contribution in [2.45, 2.75) is 104 Å². The number of carbonyl (C=O) groups is 2. The molecule has 0 fully saturated rings. The molecule has 3 N–H and O–H groups in total. The van der Waals surface area contributed by atoms with E-state index < -0.39 is 0 Å². The molecule has 6 nitrogen and oxygen atoms in total. The Labute approximate surface area is 196 Å². The lowest BCUT2D eigenvalue weighted by Gasteiger charge is -2.28. The highest BCUT2D eigenvalue weighted by molar-refractivity contribution is 5.78. The van der Waals surface area contributed by atoms with E-state index in [9.17, 15) is 14.7 Å². The molecule has 0 saturated carbocycles. The van der Waals surface area contributed by atoms with Gasteiger partial charge in [0.1, 0.15) is 0 Å². The molecule has 0 saturated heterocycles. The van der Waals surface area contributed by atoms with Gasteiger partial charge in [-0.2, -0.15) is 0 Å². The zero-order valence-corrected chi connectivity index (χ0v) is 21.1. The molecule has 32 heavy (non-hydrogen) atoms. The number of nitrogens with zero attached hydrogens (tertiary/aromatic N) is 1. The second-order valence-electron chi connectivity index (χ2n) is 8.76. The van der Waals surface area contributed by atoms with E-state index in [2.05, 4.69) is 41.5 Å². The molecule has 0 spiro atoms. The summed E-state index contributed by atoms with van der Waals surface area (Å²) in [4.78, 5) is 26.4. The van der Waals surface area contributed by atoms with Crippen LogP contribution in [0, 0.1) is 0 Å². The Morgan fingerprint density at radius 1 is 0.781 bits per heavy atom. The number of hydrogen-bond acceptors (Lipinski definition) is 4. The molecule has 0 bridgehead atoms. The Balaban J connectivity index is 4.26. The van der Waals surface area contributed by atoms with Crippen molar-refractivity contribution < 1.29 is 14.7 Å². The molecule has 2 amide bonds. The molecule has 0 aliphatic heterocycles. The first-order chi connectivity index (χ1) is 15.4. The van der Waals surface area contributed by atoms with E-state index in [0.29, 0.717) is 32.5 Å². The SMILES string of the molecule is CCCCC/C=C/CC(=O)NC(C)CN(CCO)CC(C)NC(=O)C/C=C/CCCCC. The molecular formula is C26H49N3O3. The summed E-state index contributed by atoms with van der Waals surface area (Å²) in [6.45, 7) is 10.1. The number of amides is 2. The highest BCUT2D eigenvalue weighted by Crippen LogP contribution is 2.02. The summed E-state index contributed by atoms with van der Waals surface area (Å²) in [5.41, 5.74) is 0. The summed E-state index contributed by atoms with van der Waals surface area (Å²) in [6.07, 6.45) is 18.1. The molecule has 6 heteroatoms. The van der Waals surface area contributed by atoms with E-state index in [1.807, 2.05) is 26.0 Å². The molecular weight excluding hydrogens is 402 g/mol. The standard InChI is InChI=1S/C26H49N3O3/c1-5-7-9-11-13-15-17-25(31)27-23(3)21-29(19-20-30)22-24(4)28-26(32)18-16-14-12-10-8-6-2/h13-16,23-24,30H,5-12,17-22H2,1-4H3,(H,27,31)(H,28,32)/b15-13+,16-14+. The molecule has 2 unspecified atom stereocenters. The van der Waals surface area contributed by atoms with Gasteiger partial charge < -0.3 is 15.7 Å². The normalized spacial score (nSPS) is 13.7. The Morgan fingerprint density at radius 2 is 1.22 bits per heavy atom. The van der Waals surface area contributed by atoms with Gasteiger partial charge in [-0.1, -0.05) is 63.8 Å². The third-order valence-corrected chi connectivity index (χ3v) is 5.18. The zero-order chi connectivity index (χ0) is 24.0. The molecule has 0 aromatic carbocycles. The minimum Gasteiger partial charge on any atom is -0.395 e. The zero-order valence-electron chi connectivity index (χ0n) is 21.1. The van der Waals surface area contributed by atoms with Crippen LogP contribution in [0.15, 0.2) is 24.3 Å². The van der Waals surface area contributed by atoms with Crippen molar-refractivity contribution in [3.63, 3.8) is 0 Å². The van der Waals surface area contributed by atoms with Crippen molar-refractivity contribution in [2.24, 2.45) is 0 Å². The maximum absolute atomic E-state index is 12.1. The molecule has 0 aliphatic rings. The summed E-state index contributed by atoms with van der Waals surface area (Å²) in [5, 5.41) is 15.4. The third-order valence-electron chi connectivity index (χ3n) is 5.18. The Bertz CT molecular complexity index is 490. The first kappa shape index (κ1) is 30.3. The first-order valence-corrected chi connectivity index (χ1v) is 12.6. The number of hydrogen-bond donors (Lipinski definition) is 3. The summed E-state index contributed by atoms with van der Waals surface area (Å²) in [6, 6.07) is -0.0620. The average Bonchev–Trinajstić information content (AvgIpc) is 2.73. The summed E-state index contributed by atoms with van der Waals surface area (Å²) in [5.74, 6) is 0.0283. The number of allylic oxidation sites excluding steroid dienone is 2. The van der Waals surface area contributed by atoms with Crippen LogP contribution in [-0.2, 0) is 9.59 Å². The van der Waals surface area contributed by atoms with E-state index in [-0.39, 0.29) is 30.5 Å². The monoisotopic (exact) mass is 451 g/mol. The van der Waals surface area contributed by atoms with Crippen molar-refractivity contribution in [1.29, 1.82) is 0 Å². The van der Waals surface area contributed by atoms with Crippen LogP contribution >= 0.6 is 0 Å². The van der Waals surface area contributed by atoms with Crippen molar-refractivity contribution >= 4 is 11.8 Å². The molecule has 0 aromatic rings. The van der Waals surface area contributed by atoms with Crippen LogP contribution in [0.5, 0.6) is 0 Å². The van der Waals surface area contributed by atoms with Crippen LogP contribution < -0.4 is 10.6 Å². The average molecular weight is 452 g/mol. The lowest BCUT2D eigenvalue weighted by Crippen LogP contribution is -2.48. The van der Waals surface area contributed by atoms with E-state index in [1.54, 1.807) is 0 Å². The lowest BCUT2D eigenvalue weighted by atomic mass is 10.2. The van der Waals surface area contributed by atoms with Gasteiger partial charge in [-0.3, -0.25) is 14.5 Å². The fourth-order valence-corrected chi connectivity index (χ4v) is 3.57. The minimum absolute atomic E-state index is 0.0141. The number of rotatable bonds is 20. The predicted octanol–water partition coefficient (Wildman–Crippen LogP) is 4.34. The molecule has 2 atom stereocenters. The molecule has 186 valence electrons. The van der Waals surface area contributed by atoms with Crippen molar-refractivity contribution in [3.8, 4) is 0 Å². The molecule has 0 aliphatic carbocycles. The van der Waals surface area contributed by atoms with Gasteiger partial charge in [-0.05, 0) is 39.5 Å². The number of carbonyl (C=O) groups excluding carboxylic acids is 2. The Hall–Kier alpha value is -1.66. The number of aliphatic hydroxyl groups excluding tert-OH is 1. The largest absolute Gasteiger partial charge is 0.395 e. The van der Waals surface area contributed by atoms with Gasteiger partial charge in [-0.15, -0.1) is 0 Å². The van der Waals surface area contributed by atoms with Crippen molar-refractivity contribution in [3.05, 3.63) is 24.3 Å². The number of nitrogens with one attached hydrogen (secondary N) is 2. The maximum atomic E-state index is 12.1. The van der Waals surface area contributed by atoms with Gasteiger partial charge in [0.05, 0.1) is 6.61 Å². The maximum Gasteiger partial charge on any atom is 0.224 e. The third kappa shape index (κ3) is 19.1. The summed E-state index contributed by atoms with van der Waals surface area (Å²) >= 11 is 0. The molecule has 0 radical (unpaired) electrons. The fourth-order valence-electron chi connectivity index (χ4n) is 3.57. The van der Waals surface area contributed by atoms with Gasteiger partial charge in [0.15, 0.2) is 0 Å². The molecule has 0 rings (SSSR count). The predicted molar refractivity (Wildman–Crippen MR) is 135 cm³/mol. The summed E-state index contributed by atoms with van der Waals surface area (Å²) in [7, 11) is 0. The Morgan fingerprint density at radius 3 is 1.59 bits per heavy atom. The fraction of sp³-hybridized carbons (Fsp3) is 0.769.